The summed E-state index contributed by atoms with van der Waals surface area (Å²) in [4.78, 5) is 47.6. The lowest BCUT2D eigenvalue weighted by atomic mass is 10.0. The summed E-state index contributed by atoms with van der Waals surface area (Å²) in [7, 11) is 0. The molecule has 2 aliphatic rings. The Bertz CT molecular complexity index is 854. The molecule has 2 N–H and O–H groups in total. The molecule has 2 aromatic rings. The number of carbonyl (C=O) groups is 3. The van der Waals surface area contributed by atoms with E-state index >= 15 is 0 Å². The normalized spacial score (nSPS) is 21.9. The monoisotopic (exact) mass is 383 g/mol. The third kappa shape index (κ3) is 3.68. The number of H-pyrrole nitrogens is 1. The van der Waals surface area contributed by atoms with E-state index in [1.807, 2.05) is 30.3 Å². The predicted octanol–water partition coefficient (Wildman–Crippen LogP) is 0.300. The molecule has 2 saturated heterocycles. The fourth-order valence-electron chi connectivity index (χ4n) is 3.53. The molecule has 4 rings (SSSR count). The van der Waals surface area contributed by atoms with E-state index in [4.69, 9.17) is 4.74 Å². The molecule has 0 unspecified atom stereocenters. The van der Waals surface area contributed by atoms with Gasteiger partial charge in [0.15, 0.2) is 0 Å². The van der Waals surface area contributed by atoms with Crippen molar-refractivity contribution < 1.29 is 19.1 Å². The second-order valence-corrected chi connectivity index (χ2v) is 6.88. The number of fused-ring (bicyclic) bond motifs is 1. The van der Waals surface area contributed by atoms with Crippen LogP contribution in [-0.2, 0) is 27.4 Å². The number of aromatic amines is 1. The van der Waals surface area contributed by atoms with Crippen molar-refractivity contribution in [3.05, 3.63) is 54.1 Å². The number of hydrogen-bond acceptors (Lipinski definition) is 5. The molecule has 0 saturated carbocycles. The van der Waals surface area contributed by atoms with Gasteiger partial charge in [-0.3, -0.25) is 9.59 Å². The van der Waals surface area contributed by atoms with E-state index in [0.29, 0.717) is 19.5 Å². The van der Waals surface area contributed by atoms with Crippen molar-refractivity contribution in [1.29, 1.82) is 0 Å². The van der Waals surface area contributed by atoms with Gasteiger partial charge in [0.1, 0.15) is 18.7 Å². The van der Waals surface area contributed by atoms with Crippen LogP contribution in [0.25, 0.3) is 0 Å². The van der Waals surface area contributed by atoms with E-state index < -0.39 is 18.2 Å². The summed E-state index contributed by atoms with van der Waals surface area (Å²) in [5, 5.41) is 2.76. The molecule has 0 radical (unpaired) electrons. The third-order valence-corrected chi connectivity index (χ3v) is 5.02. The number of nitrogens with one attached hydrogen (secondary N) is 2. The molecule has 9 heteroatoms. The minimum atomic E-state index is -0.691. The molecule has 0 aliphatic carbocycles. The number of nitrogens with zero attached hydrogens (tertiary/aromatic N) is 3. The molecule has 146 valence electrons. The minimum absolute atomic E-state index is 0.127. The number of aromatic nitrogens is 2. The molecule has 0 bridgehead atoms. The van der Waals surface area contributed by atoms with Crippen molar-refractivity contribution in [1.82, 2.24) is 25.1 Å². The van der Waals surface area contributed by atoms with Crippen LogP contribution in [0, 0.1) is 0 Å². The zero-order valence-corrected chi connectivity index (χ0v) is 15.2. The molecular formula is C19H21N5O4. The van der Waals surface area contributed by atoms with Gasteiger partial charge in [-0.15, -0.1) is 0 Å². The SMILES string of the molecule is O=C1N[C@@H](Cc2cnc[nH]2)C(=O)N2CCN(C(=O)OCc3ccccc3)C[C@H]12. The van der Waals surface area contributed by atoms with Gasteiger partial charge in [0, 0.05) is 31.4 Å². The molecule has 3 heterocycles. The highest BCUT2D eigenvalue weighted by Gasteiger charge is 2.44. The van der Waals surface area contributed by atoms with Crippen molar-refractivity contribution in [2.75, 3.05) is 19.6 Å². The molecule has 1 aromatic carbocycles. The molecule has 9 nitrogen and oxygen atoms in total. The van der Waals surface area contributed by atoms with Crippen molar-refractivity contribution in [2.45, 2.75) is 25.1 Å². The molecule has 3 amide bonds. The van der Waals surface area contributed by atoms with Crippen molar-refractivity contribution in [3.63, 3.8) is 0 Å². The molecular weight excluding hydrogens is 362 g/mol. The predicted molar refractivity (Wildman–Crippen MR) is 97.9 cm³/mol. The number of hydrogen-bond donors (Lipinski definition) is 2. The van der Waals surface area contributed by atoms with E-state index in [1.54, 1.807) is 11.1 Å². The molecule has 0 spiro atoms. The van der Waals surface area contributed by atoms with Gasteiger partial charge in [0.2, 0.25) is 11.8 Å². The summed E-state index contributed by atoms with van der Waals surface area (Å²) in [6, 6.07) is 8.07. The summed E-state index contributed by atoms with van der Waals surface area (Å²) in [6.07, 6.45) is 3.04. The second kappa shape index (κ2) is 7.71. The van der Waals surface area contributed by atoms with E-state index in [2.05, 4.69) is 15.3 Å². The Balaban J connectivity index is 1.35. The number of piperazine rings is 2. The molecule has 28 heavy (non-hydrogen) atoms. The van der Waals surface area contributed by atoms with Gasteiger partial charge in [-0.25, -0.2) is 9.78 Å². The Morgan fingerprint density at radius 2 is 2.04 bits per heavy atom. The van der Waals surface area contributed by atoms with E-state index in [0.717, 1.165) is 11.3 Å². The number of ether oxygens (including phenoxy) is 1. The highest BCUT2D eigenvalue weighted by molar-refractivity contribution is 5.97. The van der Waals surface area contributed by atoms with E-state index in [1.165, 1.54) is 11.2 Å². The quantitative estimate of drug-likeness (QED) is 0.790. The number of amides is 3. The first-order valence-corrected chi connectivity index (χ1v) is 9.15. The minimum Gasteiger partial charge on any atom is -0.445 e. The summed E-state index contributed by atoms with van der Waals surface area (Å²) in [5.41, 5.74) is 1.67. The summed E-state index contributed by atoms with van der Waals surface area (Å²) >= 11 is 0. The highest BCUT2D eigenvalue weighted by Crippen LogP contribution is 2.18. The average molecular weight is 383 g/mol. The van der Waals surface area contributed by atoms with Crippen LogP contribution in [0.2, 0.25) is 0 Å². The first kappa shape index (κ1) is 18.0. The zero-order chi connectivity index (χ0) is 19.5. The van der Waals surface area contributed by atoms with Crippen molar-refractivity contribution in [2.24, 2.45) is 0 Å². The fourth-order valence-corrected chi connectivity index (χ4v) is 3.53. The number of imidazole rings is 1. The Morgan fingerprint density at radius 1 is 1.21 bits per heavy atom. The van der Waals surface area contributed by atoms with Crippen LogP contribution in [0.1, 0.15) is 11.3 Å². The Morgan fingerprint density at radius 3 is 2.79 bits per heavy atom. The topological polar surface area (TPSA) is 108 Å². The van der Waals surface area contributed by atoms with Crippen LogP contribution in [0.3, 0.4) is 0 Å². The highest BCUT2D eigenvalue weighted by atomic mass is 16.6. The van der Waals surface area contributed by atoms with Gasteiger partial charge < -0.3 is 24.8 Å². The van der Waals surface area contributed by atoms with Gasteiger partial charge in [-0.05, 0) is 5.56 Å². The number of rotatable bonds is 4. The standard InChI is InChI=1S/C19H21N5O4/c25-17-16-10-23(19(27)28-11-13-4-2-1-3-5-13)6-7-24(16)18(26)15(22-17)8-14-9-20-12-21-14/h1-5,9,12,15-16H,6-8,10-11H2,(H,20,21)(H,22,25)/t15-,16+/m0/s1. The lowest BCUT2D eigenvalue weighted by Crippen LogP contribution is -2.70. The maximum Gasteiger partial charge on any atom is 0.410 e. The molecule has 1 aromatic heterocycles. The third-order valence-electron chi connectivity index (χ3n) is 5.02. The van der Waals surface area contributed by atoms with Crippen LogP contribution in [0.15, 0.2) is 42.9 Å². The number of carbonyl (C=O) groups excluding carboxylic acids is 3. The van der Waals surface area contributed by atoms with Crippen molar-refractivity contribution >= 4 is 17.9 Å². The molecule has 2 aliphatic heterocycles. The van der Waals surface area contributed by atoms with Gasteiger partial charge in [-0.2, -0.15) is 0 Å². The van der Waals surface area contributed by atoms with Crippen LogP contribution < -0.4 is 5.32 Å². The fraction of sp³-hybridized carbons (Fsp3) is 0.368. The van der Waals surface area contributed by atoms with E-state index in [9.17, 15) is 14.4 Å². The summed E-state index contributed by atoms with van der Waals surface area (Å²) < 4.78 is 5.34. The second-order valence-electron chi connectivity index (χ2n) is 6.88. The average Bonchev–Trinajstić information content (AvgIpc) is 3.23. The molecule has 2 atom stereocenters. The Labute approximate surface area is 161 Å². The Kier molecular flexibility index (Phi) is 4.96. The maximum atomic E-state index is 12.8. The number of benzene rings is 1. The summed E-state index contributed by atoms with van der Waals surface area (Å²) in [5.74, 6) is -0.402. The van der Waals surface area contributed by atoms with E-state index in [-0.39, 0.29) is 25.0 Å². The van der Waals surface area contributed by atoms with Crippen molar-refractivity contribution in [3.8, 4) is 0 Å². The van der Waals surface area contributed by atoms with Crippen LogP contribution >= 0.6 is 0 Å². The lowest BCUT2D eigenvalue weighted by molar-refractivity contribution is -0.152. The van der Waals surface area contributed by atoms with Crippen LogP contribution in [-0.4, -0.2) is 69.4 Å². The van der Waals surface area contributed by atoms with Gasteiger partial charge >= 0.3 is 6.09 Å². The zero-order valence-electron chi connectivity index (χ0n) is 15.2. The first-order valence-electron chi connectivity index (χ1n) is 9.15. The van der Waals surface area contributed by atoms with Gasteiger partial charge in [0.05, 0.1) is 12.9 Å². The smallest absolute Gasteiger partial charge is 0.410 e. The van der Waals surface area contributed by atoms with Gasteiger partial charge in [-0.1, -0.05) is 30.3 Å². The summed E-state index contributed by atoms with van der Waals surface area (Å²) in [6.45, 7) is 0.931. The maximum absolute atomic E-state index is 12.8. The van der Waals surface area contributed by atoms with Gasteiger partial charge in [0.25, 0.3) is 0 Å². The van der Waals surface area contributed by atoms with Crippen LogP contribution in [0.5, 0.6) is 0 Å². The first-order chi connectivity index (χ1) is 13.6. The lowest BCUT2D eigenvalue weighted by Gasteiger charge is -2.44. The Hall–Kier alpha value is -3.36. The molecule has 2 fully saturated rings. The van der Waals surface area contributed by atoms with Crippen LogP contribution in [0.4, 0.5) is 4.79 Å². The largest absolute Gasteiger partial charge is 0.445 e.